The fraction of sp³-hybridized carbons (Fsp3) is 0.211. The lowest BCUT2D eigenvalue weighted by atomic mass is 9.87. The molecule has 0 spiro atoms. The van der Waals surface area contributed by atoms with Crippen LogP contribution in [0.2, 0.25) is 0 Å². The van der Waals surface area contributed by atoms with Crippen LogP contribution in [0.4, 0.5) is 0 Å². The molecule has 0 saturated heterocycles. The molecule has 1 atom stereocenters. The fourth-order valence-corrected chi connectivity index (χ4v) is 3.21. The van der Waals surface area contributed by atoms with E-state index in [-0.39, 0.29) is 11.9 Å². The number of nitrogens with zero attached hydrogens (tertiary/aromatic N) is 2. The zero-order valence-electron chi connectivity index (χ0n) is 13.1. The van der Waals surface area contributed by atoms with Gasteiger partial charge in [-0.05, 0) is 54.7 Å². The summed E-state index contributed by atoms with van der Waals surface area (Å²) < 4.78 is 5.16. The summed E-state index contributed by atoms with van der Waals surface area (Å²) in [5.41, 5.74) is 3.99. The van der Waals surface area contributed by atoms with E-state index in [0.717, 1.165) is 24.8 Å². The van der Waals surface area contributed by atoms with Crippen molar-refractivity contribution in [1.82, 2.24) is 15.5 Å². The van der Waals surface area contributed by atoms with Gasteiger partial charge in [0.15, 0.2) is 0 Å². The summed E-state index contributed by atoms with van der Waals surface area (Å²) >= 11 is 0. The van der Waals surface area contributed by atoms with Crippen LogP contribution in [0.25, 0.3) is 11.5 Å². The highest BCUT2D eigenvalue weighted by Crippen LogP contribution is 2.29. The predicted molar refractivity (Wildman–Crippen MR) is 89.3 cm³/mol. The number of carbonyl (C=O) groups excluding carboxylic acids is 1. The van der Waals surface area contributed by atoms with Crippen molar-refractivity contribution in [3.05, 3.63) is 71.6 Å². The summed E-state index contributed by atoms with van der Waals surface area (Å²) in [5.74, 6) is 0.386. The molecule has 1 N–H and O–H groups in total. The van der Waals surface area contributed by atoms with E-state index in [1.54, 1.807) is 12.1 Å². The van der Waals surface area contributed by atoms with Gasteiger partial charge < -0.3 is 9.73 Å². The van der Waals surface area contributed by atoms with Gasteiger partial charge in [0.25, 0.3) is 5.91 Å². The van der Waals surface area contributed by atoms with Gasteiger partial charge in [-0.25, -0.2) is 0 Å². The second kappa shape index (κ2) is 6.28. The number of benzene rings is 2. The van der Waals surface area contributed by atoms with Crippen molar-refractivity contribution in [1.29, 1.82) is 0 Å². The molecule has 3 aromatic rings. The minimum Gasteiger partial charge on any atom is -0.423 e. The van der Waals surface area contributed by atoms with Crippen LogP contribution in [0.1, 0.15) is 40.4 Å². The Balaban J connectivity index is 1.51. The van der Waals surface area contributed by atoms with E-state index >= 15 is 0 Å². The van der Waals surface area contributed by atoms with E-state index in [1.807, 2.05) is 18.2 Å². The zero-order chi connectivity index (χ0) is 16.4. The van der Waals surface area contributed by atoms with Crippen LogP contribution < -0.4 is 5.32 Å². The van der Waals surface area contributed by atoms with Gasteiger partial charge in [-0.3, -0.25) is 4.79 Å². The molecule has 0 unspecified atom stereocenters. The molecule has 0 aliphatic heterocycles. The molecule has 0 radical (unpaired) electrons. The molecule has 1 heterocycles. The van der Waals surface area contributed by atoms with Crippen molar-refractivity contribution in [2.75, 3.05) is 0 Å². The number of fused-ring (bicyclic) bond motifs is 1. The molecule has 2 aromatic carbocycles. The van der Waals surface area contributed by atoms with Crippen molar-refractivity contribution in [3.8, 4) is 11.5 Å². The summed E-state index contributed by atoms with van der Waals surface area (Å²) in [4.78, 5) is 12.6. The van der Waals surface area contributed by atoms with E-state index in [9.17, 15) is 4.79 Å². The van der Waals surface area contributed by atoms with Gasteiger partial charge in [0, 0.05) is 11.1 Å². The number of nitrogens with one attached hydrogen (secondary N) is 1. The van der Waals surface area contributed by atoms with Gasteiger partial charge in [-0.15, -0.1) is 10.2 Å². The summed E-state index contributed by atoms with van der Waals surface area (Å²) in [6.07, 6.45) is 4.44. The first-order valence-corrected chi connectivity index (χ1v) is 8.06. The number of aryl methyl sites for hydroxylation is 1. The third kappa shape index (κ3) is 2.80. The lowest BCUT2D eigenvalue weighted by Crippen LogP contribution is -2.30. The SMILES string of the molecule is O=C(N[C@H]1CCCc2ccccc21)c1ccc(-c2nnco2)cc1. The zero-order valence-corrected chi connectivity index (χ0v) is 13.1. The first-order chi connectivity index (χ1) is 11.8. The Kier molecular flexibility index (Phi) is 3.83. The molecule has 0 saturated carbocycles. The normalized spacial score (nSPS) is 16.4. The monoisotopic (exact) mass is 319 g/mol. The van der Waals surface area contributed by atoms with Crippen LogP contribution in [-0.2, 0) is 6.42 Å². The lowest BCUT2D eigenvalue weighted by Gasteiger charge is -2.26. The molecule has 1 aliphatic rings. The Morgan fingerprint density at radius 3 is 2.75 bits per heavy atom. The molecule has 5 heteroatoms. The summed E-state index contributed by atoms with van der Waals surface area (Å²) in [7, 11) is 0. The molecule has 0 bridgehead atoms. The Bertz CT molecular complexity index is 841. The van der Waals surface area contributed by atoms with E-state index in [1.165, 1.54) is 17.5 Å². The van der Waals surface area contributed by atoms with Gasteiger partial charge in [0.05, 0.1) is 6.04 Å². The molecule has 120 valence electrons. The quantitative estimate of drug-likeness (QED) is 0.801. The topological polar surface area (TPSA) is 68.0 Å². The van der Waals surface area contributed by atoms with Gasteiger partial charge >= 0.3 is 0 Å². The summed E-state index contributed by atoms with van der Waals surface area (Å²) in [5, 5.41) is 10.7. The number of hydrogen-bond acceptors (Lipinski definition) is 4. The van der Waals surface area contributed by atoms with Crippen LogP contribution in [-0.4, -0.2) is 16.1 Å². The fourth-order valence-electron chi connectivity index (χ4n) is 3.21. The predicted octanol–water partition coefficient (Wildman–Crippen LogP) is 3.54. The van der Waals surface area contributed by atoms with Crippen molar-refractivity contribution in [2.45, 2.75) is 25.3 Å². The summed E-state index contributed by atoms with van der Waals surface area (Å²) in [6, 6.07) is 15.6. The molecular formula is C19H17N3O2. The Hall–Kier alpha value is -2.95. The summed E-state index contributed by atoms with van der Waals surface area (Å²) in [6.45, 7) is 0. The van der Waals surface area contributed by atoms with Crippen LogP contribution >= 0.6 is 0 Å². The number of carbonyl (C=O) groups is 1. The van der Waals surface area contributed by atoms with Crippen LogP contribution in [0.15, 0.2) is 59.3 Å². The number of hydrogen-bond donors (Lipinski definition) is 1. The molecule has 5 nitrogen and oxygen atoms in total. The van der Waals surface area contributed by atoms with Crippen molar-refractivity contribution < 1.29 is 9.21 Å². The Morgan fingerprint density at radius 1 is 1.12 bits per heavy atom. The third-order valence-electron chi connectivity index (χ3n) is 4.43. The first-order valence-electron chi connectivity index (χ1n) is 8.06. The molecule has 4 rings (SSSR count). The lowest BCUT2D eigenvalue weighted by molar-refractivity contribution is 0.0933. The van der Waals surface area contributed by atoms with Crippen molar-refractivity contribution in [3.63, 3.8) is 0 Å². The second-order valence-electron chi connectivity index (χ2n) is 5.94. The maximum Gasteiger partial charge on any atom is 0.251 e. The van der Waals surface area contributed by atoms with Gasteiger partial charge in [0.2, 0.25) is 12.3 Å². The largest absolute Gasteiger partial charge is 0.423 e. The minimum atomic E-state index is -0.0613. The molecule has 1 aromatic heterocycles. The second-order valence-corrected chi connectivity index (χ2v) is 5.94. The van der Waals surface area contributed by atoms with Crippen LogP contribution in [0.5, 0.6) is 0 Å². The van der Waals surface area contributed by atoms with E-state index in [4.69, 9.17) is 4.42 Å². The molecular weight excluding hydrogens is 302 g/mol. The van der Waals surface area contributed by atoms with E-state index in [0.29, 0.717) is 11.5 Å². The van der Waals surface area contributed by atoms with Crippen molar-refractivity contribution in [2.24, 2.45) is 0 Å². The van der Waals surface area contributed by atoms with Crippen LogP contribution in [0, 0.1) is 0 Å². The van der Waals surface area contributed by atoms with Gasteiger partial charge in [0.1, 0.15) is 0 Å². The smallest absolute Gasteiger partial charge is 0.251 e. The minimum absolute atomic E-state index is 0.0613. The average Bonchev–Trinajstić information content (AvgIpc) is 3.17. The van der Waals surface area contributed by atoms with Gasteiger partial charge in [-0.2, -0.15) is 0 Å². The molecule has 0 fully saturated rings. The first kappa shape index (κ1) is 14.6. The maximum atomic E-state index is 12.6. The Labute approximate surface area is 139 Å². The van der Waals surface area contributed by atoms with Gasteiger partial charge in [-0.1, -0.05) is 24.3 Å². The van der Waals surface area contributed by atoms with Crippen LogP contribution in [0.3, 0.4) is 0 Å². The number of amides is 1. The highest BCUT2D eigenvalue weighted by atomic mass is 16.4. The molecule has 1 aliphatic carbocycles. The number of aromatic nitrogens is 2. The standard InChI is InChI=1S/C19H17N3O2/c23-18(14-8-10-15(11-9-14)19-22-20-12-24-19)21-17-7-3-5-13-4-1-2-6-16(13)17/h1-2,4,6,8-12,17H,3,5,7H2,(H,21,23)/t17-/m0/s1. The highest BCUT2D eigenvalue weighted by Gasteiger charge is 2.21. The molecule has 1 amide bonds. The maximum absolute atomic E-state index is 12.6. The van der Waals surface area contributed by atoms with E-state index in [2.05, 4.69) is 33.7 Å². The third-order valence-corrected chi connectivity index (χ3v) is 4.43. The average molecular weight is 319 g/mol. The Morgan fingerprint density at radius 2 is 1.96 bits per heavy atom. The van der Waals surface area contributed by atoms with E-state index < -0.39 is 0 Å². The van der Waals surface area contributed by atoms with Crippen molar-refractivity contribution >= 4 is 5.91 Å². The molecule has 24 heavy (non-hydrogen) atoms. The number of rotatable bonds is 3. The highest BCUT2D eigenvalue weighted by molar-refractivity contribution is 5.94.